The first-order valence-corrected chi connectivity index (χ1v) is 11.1. The normalized spacial score (nSPS) is 15.7. The van der Waals surface area contributed by atoms with E-state index < -0.39 is 0 Å². The summed E-state index contributed by atoms with van der Waals surface area (Å²) in [5.74, 6) is 0.777. The monoisotopic (exact) mass is 428 g/mol. The second-order valence-corrected chi connectivity index (χ2v) is 8.79. The van der Waals surface area contributed by atoms with Gasteiger partial charge in [0.15, 0.2) is 5.69 Å². The Balaban J connectivity index is 1.40. The van der Waals surface area contributed by atoms with Gasteiger partial charge in [-0.15, -0.1) is 0 Å². The zero-order valence-corrected chi connectivity index (χ0v) is 17.9. The number of hydrogen-bond donors (Lipinski definition) is 2. The van der Waals surface area contributed by atoms with Crippen LogP contribution in [0.3, 0.4) is 0 Å². The minimum atomic E-state index is -0.231. The van der Waals surface area contributed by atoms with Gasteiger partial charge in [-0.2, -0.15) is 5.10 Å². The second kappa shape index (κ2) is 7.19. The molecule has 0 spiro atoms. The molecule has 162 valence electrons. The zero-order valence-electron chi connectivity index (χ0n) is 17.9. The molecular weight excluding hydrogens is 404 g/mol. The highest BCUT2D eigenvalue weighted by Crippen LogP contribution is 2.43. The lowest BCUT2D eigenvalue weighted by molar-refractivity contribution is 0.102. The predicted octanol–water partition coefficient (Wildman–Crippen LogP) is 3.59. The third kappa shape index (κ3) is 3.14. The highest BCUT2D eigenvalue weighted by molar-refractivity contribution is 6.03. The molecule has 8 nitrogen and oxygen atoms in total. The number of rotatable bonds is 4. The van der Waals surface area contributed by atoms with Gasteiger partial charge in [0.05, 0.1) is 5.69 Å². The van der Waals surface area contributed by atoms with Gasteiger partial charge in [-0.3, -0.25) is 14.3 Å². The van der Waals surface area contributed by atoms with Crippen molar-refractivity contribution in [3.8, 4) is 11.3 Å². The average Bonchev–Trinajstić information content (AvgIpc) is 3.34. The van der Waals surface area contributed by atoms with Crippen LogP contribution in [0.25, 0.3) is 22.2 Å². The van der Waals surface area contributed by atoms with Gasteiger partial charge in [-0.1, -0.05) is 6.07 Å². The molecule has 2 N–H and O–H groups in total. The van der Waals surface area contributed by atoms with E-state index in [2.05, 4.69) is 21.5 Å². The van der Waals surface area contributed by atoms with Crippen molar-refractivity contribution in [1.82, 2.24) is 24.3 Å². The molecule has 1 amide bonds. The van der Waals surface area contributed by atoms with E-state index in [-0.39, 0.29) is 11.5 Å². The number of aromatic amines is 1. The molecule has 1 saturated carbocycles. The van der Waals surface area contributed by atoms with Gasteiger partial charge in [0.2, 0.25) is 0 Å². The van der Waals surface area contributed by atoms with Crippen LogP contribution in [0.4, 0.5) is 5.82 Å². The molecule has 0 atom stereocenters. The molecule has 0 unspecified atom stereocenters. The van der Waals surface area contributed by atoms with Crippen LogP contribution in [0.5, 0.6) is 0 Å². The third-order valence-corrected chi connectivity index (χ3v) is 6.49. The fraction of sp³-hybridized carbons (Fsp3) is 0.333. The molecule has 8 heteroatoms. The molecule has 4 aromatic rings. The van der Waals surface area contributed by atoms with Crippen molar-refractivity contribution < 1.29 is 4.79 Å². The summed E-state index contributed by atoms with van der Waals surface area (Å²) >= 11 is 0. The third-order valence-electron chi connectivity index (χ3n) is 6.49. The molecule has 1 fully saturated rings. The highest BCUT2D eigenvalue weighted by Gasteiger charge is 2.28. The van der Waals surface area contributed by atoms with Gasteiger partial charge in [0.1, 0.15) is 11.3 Å². The Morgan fingerprint density at radius 2 is 2.09 bits per heavy atom. The number of fused-ring (bicyclic) bond motifs is 2. The van der Waals surface area contributed by atoms with E-state index in [1.807, 2.05) is 22.9 Å². The number of H-pyrrole nitrogens is 1. The van der Waals surface area contributed by atoms with Gasteiger partial charge >= 0.3 is 0 Å². The molecule has 4 aromatic heterocycles. The molecule has 5 heterocycles. The van der Waals surface area contributed by atoms with Gasteiger partial charge in [-0.05, 0) is 61.8 Å². The highest BCUT2D eigenvalue weighted by atomic mass is 16.2. The first kappa shape index (κ1) is 19.0. The summed E-state index contributed by atoms with van der Waals surface area (Å²) in [6, 6.07) is 7.81. The lowest BCUT2D eigenvalue weighted by Gasteiger charge is -2.13. The first-order chi connectivity index (χ1) is 15.6. The summed E-state index contributed by atoms with van der Waals surface area (Å²) in [6.45, 7) is 0.864. The van der Waals surface area contributed by atoms with Gasteiger partial charge in [0, 0.05) is 42.6 Å². The van der Waals surface area contributed by atoms with Gasteiger partial charge < -0.3 is 14.9 Å². The predicted molar refractivity (Wildman–Crippen MR) is 122 cm³/mol. The number of carbonyl (C=O) groups excluding carboxylic acids is 1. The van der Waals surface area contributed by atoms with Crippen LogP contribution in [-0.2, 0) is 20.0 Å². The Morgan fingerprint density at radius 3 is 2.91 bits per heavy atom. The lowest BCUT2D eigenvalue weighted by Crippen LogP contribution is -2.17. The van der Waals surface area contributed by atoms with Crippen LogP contribution in [-0.4, -0.2) is 30.2 Å². The van der Waals surface area contributed by atoms with E-state index in [0.717, 1.165) is 60.9 Å². The van der Waals surface area contributed by atoms with E-state index in [9.17, 15) is 9.59 Å². The van der Waals surface area contributed by atoms with Gasteiger partial charge in [-0.25, -0.2) is 4.98 Å². The van der Waals surface area contributed by atoms with E-state index in [0.29, 0.717) is 28.6 Å². The number of aromatic nitrogens is 5. The molecule has 0 radical (unpaired) electrons. The molecule has 2 aliphatic rings. The maximum atomic E-state index is 13.1. The number of aryl methyl sites for hydroxylation is 3. The van der Waals surface area contributed by atoms with Crippen molar-refractivity contribution >= 4 is 22.6 Å². The summed E-state index contributed by atoms with van der Waals surface area (Å²) < 4.78 is 3.50. The number of nitrogens with zero attached hydrogens (tertiary/aromatic N) is 4. The molecule has 1 aliphatic carbocycles. The fourth-order valence-electron chi connectivity index (χ4n) is 4.62. The van der Waals surface area contributed by atoms with Crippen LogP contribution in [0.15, 0.2) is 41.5 Å². The number of anilines is 1. The number of hydrogen-bond acceptors (Lipinski definition) is 4. The standard InChI is InChI=1S/C24H24N6O2/c1-29-13-18(17-9-10-25-21(17)24(29)32)19-8-7-16(14-5-6-14)22(26-19)27-23(31)20-12-15-4-2-3-11-30(15)28-20/h7-10,12-14,25H,2-6,11H2,1H3,(H,26,27,31). The molecular formula is C24H24N6O2. The van der Waals surface area contributed by atoms with E-state index in [1.54, 1.807) is 24.0 Å². The van der Waals surface area contributed by atoms with Crippen molar-refractivity contribution in [3.63, 3.8) is 0 Å². The fourth-order valence-corrected chi connectivity index (χ4v) is 4.62. The Morgan fingerprint density at radius 1 is 1.22 bits per heavy atom. The maximum Gasteiger partial charge on any atom is 0.277 e. The van der Waals surface area contributed by atoms with E-state index >= 15 is 0 Å². The Kier molecular flexibility index (Phi) is 4.28. The van der Waals surface area contributed by atoms with Crippen molar-refractivity contribution in [2.24, 2.45) is 7.05 Å². The topological polar surface area (TPSA) is 97.6 Å². The number of carbonyl (C=O) groups is 1. The molecule has 1 aliphatic heterocycles. The minimum Gasteiger partial charge on any atom is -0.357 e. The van der Waals surface area contributed by atoms with Crippen LogP contribution < -0.4 is 10.9 Å². The average molecular weight is 428 g/mol. The molecule has 0 bridgehead atoms. The van der Waals surface area contributed by atoms with E-state index in [4.69, 9.17) is 4.98 Å². The molecule has 0 aromatic carbocycles. The number of amides is 1. The zero-order chi connectivity index (χ0) is 21.8. The quantitative estimate of drug-likeness (QED) is 0.519. The SMILES string of the molecule is Cn1cc(-c2ccc(C3CC3)c(NC(=O)c3cc4n(n3)CCCC4)n2)c2cc[nH]c2c1=O. The maximum absolute atomic E-state index is 13.1. The summed E-state index contributed by atoms with van der Waals surface area (Å²) in [7, 11) is 1.73. The van der Waals surface area contributed by atoms with Gasteiger partial charge in [0.25, 0.3) is 11.5 Å². The largest absolute Gasteiger partial charge is 0.357 e. The first-order valence-electron chi connectivity index (χ1n) is 11.1. The Labute approximate surface area is 184 Å². The van der Waals surface area contributed by atoms with Crippen LogP contribution >= 0.6 is 0 Å². The van der Waals surface area contributed by atoms with Crippen LogP contribution in [0.1, 0.15) is 53.3 Å². The van der Waals surface area contributed by atoms with Crippen LogP contribution in [0, 0.1) is 0 Å². The summed E-state index contributed by atoms with van der Waals surface area (Å²) in [5, 5.41) is 8.36. The van der Waals surface area contributed by atoms with E-state index in [1.165, 1.54) is 0 Å². The Hall–Kier alpha value is -3.68. The summed E-state index contributed by atoms with van der Waals surface area (Å²) in [6.07, 6.45) is 8.95. The summed E-state index contributed by atoms with van der Waals surface area (Å²) in [4.78, 5) is 33.4. The van der Waals surface area contributed by atoms with Crippen molar-refractivity contribution in [1.29, 1.82) is 0 Å². The lowest BCUT2D eigenvalue weighted by atomic mass is 10.1. The second-order valence-electron chi connectivity index (χ2n) is 8.79. The minimum absolute atomic E-state index is 0.0828. The summed E-state index contributed by atoms with van der Waals surface area (Å²) in [5.41, 5.74) is 4.64. The number of pyridine rings is 2. The van der Waals surface area contributed by atoms with Crippen LogP contribution in [0.2, 0.25) is 0 Å². The molecule has 6 rings (SSSR count). The smallest absolute Gasteiger partial charge is 0.277 e. The number of nitrogens with one attached hydrogen (secondary N) is 2. The van der Waals surface area contributed by atoms with Crippen molar-refractivity contribution in [2.75, 3.05) is 5.32 Å². The Bertz CT molecular complexity index is 1400. The molecule has 0 saturated heterocycles. The van der Waals surface area contributed by atoms with Crippen molar-refractivity contribution in [3.05, 3.63) is 64.0 Å². The molecule has 32 heavy (non-hydrogen) atoms. The van der Waals surface area contributed by atoms with Crippen molar-refractivity contribution in [2.45, 2.75) is 44.6 Å².